The van der Waals surface area contributed by atoms with Crippen LogP contribution in [0.2, 0.25) is 0 Å². The van der Waals surface area contributed by atoms with Gasteiger partial charge in [0.15, 0.2) is 17.3 Å². The first kappa shape index (κ1) is 9.24. The second-order valence-electron chi connectivity index (χ2n) is 2.32. The summed E-state index contributed by atoms with van der Waals surface area (Å²) in [7, 11) is 1.46. The van der Waals surface area contributed by atoms with E-state index in [1.807, 2.05) is 0 Å². The Bertz CT molecular complexity index is 337. The van der Waals surface area contributed by atoms with Crippen LogP contribution in [0.15, 0.2) is 11.4 Å². The second-order valence-corrected chi connectivity index (χ2v) is 2.32. The Balaban J connectivity index is 3.23. The zero-order valence-corrected chi connectivity index (χ0v) is 7.35. The summed E-state index contributed by atoms with van der Waals surface area (Å²) in [4.78, 5) is 7.86. The van der Waals surface area contributed by atoms with Crippen LogP contribution in [0.25, 0.3) is 0 Å². The van der Waals surface area contributed by atoms with Crippen molar-refractivity contribution >= 4 is 5.84 Å². The fourth-order valence-corrected chi connectivity index (χ4v) is 0.839. The van der Waals surface area contributed by atoms with Gasteiger partial charge in [-0.3, -0.25) is 0 Å². The van der Waals surface area contributed by atoms with Crippen LogP contribution in [0.4, 0.5) is 0 Å². The number of methoxy groups -OCH3 is 1. The molecule has 0 aromatic carbocycles. The quantitative estimate of drug-likeness (QED) is 0.288. The van der Waals surface area contributed by atoms with Crippen molar-refractivity contribution in [3.63, 3.8) is 0 Å². The first-order valence-electron chi connectivity index (χ1n) is 3.54. The van der Waals surface area contributed by atoms with E-state index in [4.69, 9.17) is 15.7 Å². The molecule has 0 aliphatic rings. The largest absolute Gasteiger partial charge is 0.493 e. The number of amidine groups is 1. The Morgan fingerprint density at radius 3 is 2.92 bits per heavy atom. The minimum atomic E-state index is -0.0950. The van der Waals surface area contributed by atoms with Crippen LogP contribution < -0.4 is 10.5 Å². The molecule has 0 radical (unpaired) electrons. The summed E-state index contributed by atoms with van der Waals surface area (Å²) < 4.78 is 4.93. The molecule has 70 valence electrons. The predicted molar refractivity (Wildman–Crippen MR) is 45.8 cm³/mol. The molecule has 0 unspecified atom stereocenters. The number of nitrogens with zero attached hydrogens (tertiary/aromatic N) is 3. The number of aryl methyl sites for hydroxylation is 1. The van der Waals surface area contributed by atoms with E-state index in [1.54, 1.807) is 6.92 Å². The Labute approximate surface area is 75.1 Å². The molecule has 1 rings (SSSR count). The van der Waals surface area contributed by atoms with Gasteiger partial charge in [-0.2, -0.15) is 0 Å². The van der Waals surface area contributed by atoms with E-state index in [0.717, 1.165) is 0 Å². The van der Waals surface area contributed by atoms with Crippen molar-refractivity contribution in [2.75, 3.05) is 7.11 Å². The maximum Gasteiger partial charge on any atom is 0.192 e. The van der Waals surface area contributed by atoms with Crippen molar-refractivity contribution in [3.05, 3.63) is 17.7 Å². The fraction of sp³-hybridized carbons (Fsp3) is 0.286. The molecule has 0 bridgehead atoms. The summed E-state index contributed by atoms with van der Waals surface area (Å²) in [6.45, 7) is 1.70. The van der Waals surface area contributed by atoms with Crippen molar-refractivity contribution in [2.24, 2.45) is 10.9 Å². The zero-order chi connectivity index (χ0) is 9.84. The van der Waals surface area contributed by atoms with Crippen LogP contribution in [0.1, 0.15) is 11.5 Å². The van der Waals surface area contributed by atoms with E-state index in [2.05, 4.69) is 15.1 Å². The van der Waals surface area contributed by atoms with Crippen LogP contribution in [-0.2, 0) is 0 Å². The topological polar surface area (TPSA) is 93.6 Å². The van der Waals surface area contributed by atoms with Gasteiger partial charge >= 0.3 is 0 Å². The van der Waals surface area contributed by atoms with Gasteiger partial charge in [0, 0.05) is 0 Å². The van der Waals surface area contributed by atoms with Crippen LogP contribution in [0, 0.1) is 6.92 Å². The highest BCUT2D eigenvalue weighted by molar-refractivity contribution is 5.97. The molecule has 6 nitrogen and oxygen atoms in total. The molecule has 0 fully saturated rings. The van der Waals surface area contributed by atoms with Crippen LogP contribution in [0.5, 0.6) is 5.75 Å². The fourth-order valence-electron chi connectivity index (χ4n) is 0.839. The molecule has 0 aliphatic heterocycles. The molecule has 0 atom stereocenters. The van der Waals surface area contributed by atoms with Crippen LogP contribution in [0.3, 0.4) is 0 Å². The molecule has 0 spiro atoms. The van der Waals surface area contributed by atoms with Crippen molar-refractivity contribution in [1.82, 2.24) is 9.97 Å². The molecule has 1 heterocycles. The molecule has 0 saturated carbocycles. The smallest absolute Gasteiger partial charge is 0.192 e. The maximum atomic E-state index is 8.45. The van der Waals surface area contributed by atoms with E-state index >= 15 is 0 Å². The highest BCUT2D eigenvalue weighted by atomic mass is 16.5. The third-order valence-electron chi connectivity index (χ3n) is 1.45. The maximum absolute atomic E-state index is 8.45. The second kappa shape index (κ2) is 3.70. The average Bonchev–Trinajstić information content (AvgIpc) is 2.16. The number of hydrogen-bond acceptors (Lipinski definition) is 5. The van der Waals surface area contributed by atoms with E-state index in [0.29, 0.717) is 11.6 Å². The van der Waals surface area contributed by atoms with Gasteiger partial charge in [0.05, 0.1) is 13.3 Å². The Kier molecular flexibility index (Phi) is 2.63. The number of ether oxygens (including phenoxy) is 1. The average molecular weight is 182 g/mol. The number of rotatable bonds is 2. The molecular weight excluding hydrogens is 172 g/mol. The van der Waals surface area contributed by atoms with Crippen LogP contribution >= 0.6 is 0 Å². The van der Waals surface area contributed by atoms with Gasteiger partial charge in [-0.1, -0.05) is 5.16 Å². The first-order chi connectivity index (χ1) is 6.19. The van der Waals surface area contributed by atoms with E-state index in [9.17, 15) is 0 Å². The Hall–Kier alpha value is -1.85. The van der Waals surface area contributed by atoms with Crippen LogP contribution in [-0.4, -0.2) is 28.1 Å². The summed E-state index contributed by atoms with van der Waals surface area (Å²) >= 11 is 0. The van der Waals surface area contributed by atoms with E-state index in [-0.39, 0.29) is 11.5 Å². The lowest BCUT2D eigenvalue weighted by Crippen LogP contribution is -2.17. The number of oxime groups is 1. The molecule has 0 saturated heterocycles. The van der Waals surface area contributed by atoms with Gasteiger partial charge in [0.1, 0.15) is 5.82 Å². The summed E-state index contributed by atoms with van der Waals surface area (Å²) in [5.41, 5.74) is 5.66. The Morgan fingerprint density at radius 2 is 2.38 bits per heavy atom. The van der Waals surface area contributed by atoms with Crippen molar-refractivity contribution < 1.29 is 9.94 Å². The Morgan fingerprint density at radius 1 is 1.69 bits per heavy atom. The lowest BCUT2D eigenvalue weighted by molar-refractivity contribution is 0.318. The standard InChI is InChI=1S/C7H10N4O2/c1-4-9-3-5(13-2)6(10-4)7(8)11-12/h3,12H,1-2H3,(H2,8,11). The highest BCUT2D eigenvalue weighted by Gasteiger charge is 2.09. The molecule has 3 N–H and O–H groups in total. The first-order valence-corrected chi connectivity index (χ1v) is 3.54. The monoisotopic (exact) mass is 182 g/mol. The van der Waals surface area contributed by atoms with Gasteiger partial charge in [0.25, 0.3) is 0 Å². The lowest BCUT2D eigenvalue weighted by Gasteiger charge is -2.05. The number of aromatic nitrogens is 2. The minimum Gasteiger partial charge on any atom is -0.493 e. The normalized spacial score (nSPS) is 11.4. The van der Waals surface area contributed by atoms with E-state index in [1.165, 1.54) is 13.3 Å². The molecule has 0 amide bonds. The van der Waals surface area contributed by atoms with Gasteiger partial charge < -0.3 is 15.7 Å². The van der Waals surface area contributed by atoms with Gasteiger partial charge in [-0.25, -0.2) is 9.97 Å². The predicted octanol–water partition coefficient (Wildman–Crippen LogP) is -0.112. The third-order valence-corrected chi connectivity index (χ3v) is 1.45. The molecular formula is C7H10N4O2. The summed E-state index contributed by atoms with van der Waals surface area (Å²) in [5, 5.41) is 11.3. The van der Waals surface area contributed by atoms with Gasteiger partial charge in [-0.15, -0.1) is 0 Å². The minimum absolute atomic E-state index is 0.0950. The third kappa shape index (κ3) is 1.84. The van der Waals surface area contributed by atoms with Gasteiger partial charge in [-0.05, 0) is 6.92 Å². The number of hydrogen-bond donors (Lipinski definition) is 2. The molecule has 1 aromatic heterocycles. The SMILES string of the molecule is COc1cnc(C)nc1/C(N)=N\O. The van der Waals surface area contributed by atoms with Gasteiger partial charge in [0.2, 0.25) is 0 Å². The van der Waals surface area contributed by atoms with E-state index < -0.39 is 0 Å². The molecule has 6 heteroatoms. The summed E-state index contributed by atoms with van der Waals surface area (Å²) in [6.07, 6.45) is 1.47. The van der Waals surface area contributed by atoms with Crippen molar-refractivity contribution in [1.29, 1.82) is 0 Å². The highest BCUT2D eigenvalue weighted by Crippen LogP contribution is 2.13. The van der Waals surface area contributed by atoms with Crippen molar-refractivity contribution in [2.45, 2.75) is 6.92 Å². The molecule has 13 heavy (non-hydrogen) atoms. The zero-order valence-electron chi connectivity index (χ0n) is 7.35. The van der Waals surface area contributed by atoms with Crippen molar-refractivity contribution in [3.8, 4) is 5.75 Å². The summed E-state index contributed by atoms with van der Waals surface area (Å²) in [5.74, 6) is 0.811. The molecule has 0 aliphatic carbocycles. The number of nitrogens with two attached hydrogens (primary N) is 1. The summed E-state index contributed by atoms with van der Waals surface area (Å²) in [6, 6.07) is 0. The molecule has 1 aromatic rings. The lowest BCUT2D eigenvalue weighted by atomic mass is 10.3.